The fourth-order valence-corrected chi connectivity index (χ4v) is 10.9. The Balaban J connectivity index is 1.22. The molecule has 6 bridgehead atoms. The zero-order valence-electron chi connectivity index (χ0n) is 34.0. The van der Waals surface area contributed by atoms with E-state index in [1.807, 2.05) is 0 Å². The summed E-state index contributed by atoms with van der Waals surface area (Å²) in [4.78, 5) is 5.24. The van der Waals surface area contributed by atoms with Crippen LogP contribution < -0.4 is 9.80 Å². The van der Waals surface area contributed by atoms with Gasteiger partial charge in [-0.15, -0.1) is 0 Å². The Morgan fingerprint density at radius 2 is 1.20 bits per heavy atom. The van der Waals surface area contributed by atoms with E-state index >= 15 is 0 Å². The van der Waals surface area contributed by atoms with E-state index in [2.05, 4.69) is 227 Å². The first kappa shape index (κ1) is 35.0. The van der Waals surface area contributed by atoms with Gasteiger partial charge in [-0.2, -0.15) is 0 Å². The van der Waals surface area contributed by atoms with Gasteiger partial charge >= 0.3 is 0 Å². The maximum Gasteiger partial charge on any atom is 0.0757 e. The second kappa shape index (κ2) is 13.5. The number of hydrogen-bond donors (Lipinski definition) is 0. The molecule has 5 aliphatic rings. The normalized spacial score (nSPS) is 21.2. The minimum Gasteiger partial charge on any atom is -0.333 e. The van der Waals surface area contributed by atoms with E-state index in [1.54, 1.807) is 0 Å². The van der Waals surface area contributed by atoms with Crippen LogP contribution in [0.5, 0.6) is 0 Å². The molecule has 2 unspecified atom stereocenters. The predicted octanol–water partition coefficient (Wildman–Crippen LogP) is 14.7. The van der Waals surface area contributed by atoms with Crippen molar-refractivity contribution < 1.29 is 0 Å². The van der Waals surface area contributed by atoms with Gasteiger partial charge in [-0.1, -0.05) is 133 Å². The van der Waals surface area contributed by atoms with Gasteiger partial charge in [0.2, 0.25) is 0 Å². The molecule has 2 aromatic heterocycles. The highest BCUT2D eigenvalue weighted by Crippen LogP contribution is 2.52. The van der Waals surface area contributed by atoms with Crippen LogP contribution in [0.15, 0.2) is 211 Å². The van der Waals surface area contributed by atoms with Gasteiger partial charge < -0.3 is 18.9 Å². The number of para-hydroxylation sites is 4. The first-order chi connectivity index (χ1) is 29.6. The van der Waals surface area contributed by atoms with E-state index < -0.39 is 5.54 Å². The van der Waals surface area contributed by atoms with Crippen LogP contribution in [0.2, 0.25) is 0 Å². The molecular weight excluding hydrogens is 729 g/mol. The molecule has 0 saturated carbocycles. The van der Waals surface area contributed by atoms with E-state index in [9.17, 15) is 0 Å². The van der Waals surface area contributed by atoms with Crippen molar-refractivity contribution in [3.05, 3.63) is 211 Å². The molecule has 1 spiro atoms. The van der Waals surface area contributed by atoms with Crippen LogP contribution in [0.4, 0.5) is 22.7 Å². The molecule has 2 aliphatic heterocycles. The first-order valence-corrected chi connectivity index (χ1v) is 21.4. The molecule has 4 heteroatoms. The Morgan fingerprint density at radius 3 is 1.93 bits per heavy atom. The van der Waals surface area contributed by atoms with Crippen molar-refractivity contribution in [3.8, 4) is 0 Å². The van der Waals surface area contributed by atoms with Gasteiger partial charge in [0.25, 0.3) is 0 Å². The van der Waals surface area contributed by atoms with Crippen molar-refractivity contribution in [2.24, 2.45) is 5.92 Å². The minimum absolute atomic E-state index is 0.0721. The first-order valence-electron chi connectivity index (χ1n) is 21.4. The van der Waals surface area contributed by atoms with E-state index in [0.29, 0.717) is 0 Å². The highest BCUT2D eigenvalue weighted by Gasteiger charge is 2.47. The standard InChI is InChI=1S/C56H46N4/c1-38-31-33-56(34-32-38)50-35-39(2)21-30-53(50)57(40-13-5-3-6-14-40)44-26-28-48-46-17-9-11-19-51(46)58(54(48)36-44)41-22-24-42(25-23-41)59-52-20-12-10-18-47(52)49-29-27-45(37-55(49)59)60(56)43-15-7-4-8-16-43/h3-24,26-33,36-37,42,50H,25,34-35H2,1-2H3/t42?,50?,56-/m0/s1. The van der Waals surface area contributed by atoms with Gasteiger partial charge in [0, 0.05) is 67.1 Å². The summed E-state index contributed by atoms with van der Waals surface area (Å²) in [7, 11) is 0. The highest BCUT2D eigenvalue weighted by atomic mass is 15.2. The summed E-state index contributed by atoms with van der Waals surface area (Å²) < 4.78 is 5.10. The average Bonchev–Trinajstić information content (AvgIpc) is 3.80. The zero-order valence-corrected chi connectivity index (χ0v) is 34.0. The lowest BCUT2D eigenvalue weighted by molar-refractivity contribution is 0.361. The van der Waals surface area contributed by atoms with Crippen LogP contribution in [0.3, 0.4) is 0 Å². The summed E-state index contributed by atoms with van der Waals surface area (Å²) in [6.45, 7) is 4.55. The van der Waals surface area contributed by atoms with Gasteiger partial charge in [0.05, 0.1) is 28.1 Å². The predicted molar refractivity (Wildman–Crippen MR) is 253 cm³/mol. The molecule has 290 valence electrons. The van der Waals surface area contributed by atoms with E-state index in [4.69, 9.17) is 0 Å². The molecule has 3 atom stereocenters. The summed E-state index contributed by atoms with van der Waals surface area (Å²) in [6.07, 6.45) is 22.1. The molecule has 4 nitrogen and oxygen atoms in total. The summed E-state index contributed by atoms with van der Waals surface area (Å²) in [5.41, 5.74) is 14.4. The summed E-state index contributed by atoms with van der Waals surface area (Å²) in [6, 6.07) is 54.6. The second-order valence-electron chi connectivity index (χ2n) is 17.1. The highest BCUT2D eigenvalue weighted by molar-refractivity contribution is 6.12. The monoisotopic (exact) mass is 774 g/mol. The summed E-state index contributed by atoms with van der Waals surface area (Å²) in [5.74, 6) is 0.0721. The molecule has 0 saturated heterocycles. The Labute approximate surface area is 351 Å². The van der Waals surface area contributed by atoms with Crippen molar-refractivity contribution in [1.29, 1.82) is 0 Å². The van der Waals surface area contributed by atoms with Crippen LogP contribution in [0, 0.1) is 5.92 Å². The number of benzene rings is 6. The Morgan fingerprint density at radius 1 is 0.550 bits per heavy atom. The van der Waals surface area contributed by atoms with Gasteiger partial charge in [0.15, 0.2) is 0 Å². The lowest BCUT2D eigenvalue weighted by Crippen LogP contribution is -2.53. The molecule has 13 rings (SSSR count). The molecule has 8 aromatic rings. The van der Waals surface area contributed by atoms with E-state index in [1.165, 1.54) is 77.5 Å². The van der Waals surface area contributed by atoms with Crippen LogP contribution in [-0.4, -0.2) is 14.7 Å². The topological polar surface area (TPSA) is 16.3 Å². The van der Waals surface area contributed by atoms with E-state index in [0.717, 1.165) is 30.6 Å². The van der Waals surface area contributed by atoms with Crippen LogP contribution in [0.25, 0.3) is 49.3 Å². The molecule has 3 aliphatic carbocycles. The van der Waals surface area contributed by atoms with Crippen LogP contribution >= 0.6 is 0 Å². The van der Waals surface area contributed by atoms with Crippen molar-refractivity contribution in [3.63, 3.8) is 0 Å². The SMILES string of the molecule is CC1=CC[C@@]2(C=C1)C1CC(C)=CC=C1N(c1ccccc1)c1ccc3c4ccccc4n(c3c1)C1=CCC(C=C1)n1c3ccccc3c3ccc(cc31)N2c1ccccc1. The number of fused-ring (bicyclic) bond motifs is 5. The number of hydrogen-bond acceptors (Lipinski definition) is 2. The maximum absolute atomic E-state index is 2.68. The third-order valence-electron chi connectivity index (χ3n) is 13.6. The third kappa shape index (κ3) is 5.23. The number of nitrogens with zero attached hydrogens (tertiary/aromatic N) is 4. The van der Waals surface area contributed by atoms with Gasteiger partial charge in [-0.25, -0.2) is 0 Å². The van der Waals surface area contributed by atoms with Gasteiger partial charge in [0.1, 0.15) is 0 Å². The fraction of sp³-hybridized carbons (Fsp3) is 0.143. The lowest BCUT2D eigenvalue weighted by atomic mass is 9.69. The van der Waals surface area contributed by atoms with Gasteiger partial charge in [-0.05, 0) is 106 Å². The summed E-state index contributed by atoms with van der Waals surface area (Å²) >= 11 is 0. The molecule has 4 heterocycles. The second-order valence-corrected chi connectivity index (χ2v) is 17.1. The number of rotatable bonds is 2. The molecule has 0 radical (unpaired) electrons. The van der Waals surface area contributed by atoms with Crippen molar-refractivity contribution in [1.82, 2.24) is 9.13 Å². The largest absolute Gasteiger partial charge is 0.333 e. The smallest absolute Gasteiger partial charge is 0.0757 e. The van der Waals surface area contributed by atoms with E-state index in [-0.39, 0.29) is 12.0 Å². The molecule has 60 heavy (non-hydrogen) atoms. The molecule has 6 aromatic carbocycles. The Hall–Kier alpha value is -7.04. The Bertz CT molecular complexity index is 3220. The van der Waals surface area contributed by atoms with Crippen LogP contribution in [0.1, 0.15) is 39.2 Å². The molecule has 0 N–H and O–H groups in total. The summed E-state index contributed by atoms with van der Waals surface area (Å²) in [5, 5.41) is 5.11. The number of anilines is 4. The number of aromatic nitrogens is 2. The lowest BCUT2D eigenvalue weighted by Gasteiger charge is -2.52. The molecule has 0 amide bonds. The fourth-order valence-electron chi connectivity index (χ4n) is 10.9. The van der Waals surface area contributed by atoms with Crippen LogP contribution in [-0.2, 0) is 0 Å². The van der Waals surface area contributed by atoms with Crippen molar-refractivity contribution >= 4 is 72.1 Å². The molecule has 0 fully saturated rings. The maximum atomic E-state index is 2.68. The van der Waals surface area contributed by atoms with Crippen molar-refractivity contribution in [2.45, 2.75) is 44.7 Å². The number of allylic oxidation sites excluding steroid dienone is 9. The van der Waals surface area contributed by atoms with Crippen molar-refractivity contribution in [2.75, 3.05) is 9.80 Å². The molecular formula is C56H46N4. The minimum atomic E-state index is -0.464. The quantitative estimate of drug-likeness (QED) is 0.174. The zero-order chi connectivity index (χ0) is 40.0. The Kier molecular flexibility index (Phi) is 7.87. The average molecular weight is 775 g/mol. The third-order valence-corrected chi connectivity index (χ3v) is 13.6. The van der Waals surface area contributed by atoms with Gasteiger partial charge in [-0.3, -0.25) is 0 Å².